The zero-order valence-corrected chi connectivity index (χ0v) is 22.7. The summed E-state index contributed by atoms with van der Waals surface area (Å²) in [7, 11) is 0. The first-order valence-corrected chi connectivity index (χ1v) is 14.3. The molecule has 0 radical (unpaired) electrons. The summed E-state index contributed by atoms with van der Waals surface area (Å²) in [5.74, 6) is -1.22. The van der Waals surface area contributed by atoms with E-state index in [-0.39, 0.29) is 29.0 Å². The maximum Gasteiger partial charge on any atom is 0.234 e. The topological polar surface area (TPSA) is 125 Å². The lowest BCUT2D eigenvalue weighted by molar-refractivity contribution is -0.116. The summed E-state index contributed by atoms with van der Waals surface area (Å²) in [6.07, 6.45) is 2.57. The second-order valence-electron chi connectivity index (χ2n) is 9.08. The average molecular weight is 561 g/mol. The third-order valence-corrected chi connectivity index (χ3v) is 8.74. The number of aromatic nitrogens is 2. The second kappa shape index (κ2) is 11.4. The van der Waals surface area contributed by atoms with Gasteiger partial charge >= 0.3 is 0 Å². The Labute approximate surface area is 233 Å². The van der Waals surface area contributed by atoms with Gasteiger partial charge in [0.2, 0.25) is 11.0 Å². The predicted molar refractivity (Wildman–Crippen MR) is 149 cm³/mol. The van der Waals surface area contributed by atoms with Crippen LogP contribution in [-0.2, 0) is 16.0 Å². The van der Waals surface area contributed by atoms with E-state index in [9.17, 15) is 19.2 Å². The molecule has 1 amide bonds. The number of carbonyl (C=O) groups excluding carboxylic acids is 2. The number of carbonyl (C=O) groups is 2. The van der Waals surface area contributed by atoms with E-state index in [1.54, 1.807) is 17.0 Å². The number of rotatable bonds is 7. The number of anilines is 2. The van der Waals surface area contributed by atoms with Crippen molar-refractivity contribution < 1.29 is 14.0 Å². The molecule has 2 heterocycles. The molecule has 198 valence electrons. The van der Waals surface area contributed by atoms with Crippen molar-refractivity contribution in [2.75, 3.05) is 16.0 Å². The minimum Gasteiger partial charge on any atom is -0.384 e. The zero-order chi connectivity index (χ0) is 27.5. The molecule has 2 aromatic carbocycles. The monoisotopic (exact) mass is 560 g/mol. The molecular weight excluding hydrogens is 535 g/mol. The number of nitrogens with one attached hydrogen (secondary N) is 1. The molecule has 1 atom stereocenters. The Bertz CT molecular complexity index is 1540. The van der Waals surface area contributed by atoms with Crippen LogP contribution in [0.3, 0.4) is 0 Å². The Morgan fingerprint density at radius 1 is 1.23 bits per heavy atom. The van der Waals surface area contributed by atoms with Crippen molar-refractivity contribution in [1.29, 1.82) is 5.26 Å². The quantitative estimate of drug-likeness (QED) is 0.374. The van der Waals surface area contributed by atoms with Crippen LogP contribution < -0.4 is 16.0 Å². The van der Waals surface area contributed by atoms with Crippen molar-refractivity contribution in [3.8, 4) is 6.07 Å². The van der Waals surface area contributed by atoms with Crippen LogP contribution in [0.15, 0.2) is 75.5 Å². The van der Waals surface area contributed by atoms with Crippen LogP contribution in [0.1, 0.15) is 43.2 Å². The molecular formula is C28H25FN6O2S2. The smallest absolute Gasteiger partial charge is 0.234 e. The van der Waals surface area contributed by atoms with E-state index >= 15 is 0 Å². The molecule has 1 aliphatic heterocycles. The minimum atomic E-state index is -0.538. The van der Waals surface area contributed by atoms with Gasteiger partial charge in [-0.15, -0.1) is 10.2 Å². The molecule has 3 N–H and O–H groups in total. The van der Waals surface area contributed by atoms with E-state index in [0.29, 0.717) is 39.9 Å². The van der Waals surface area contributed by atoms with Crippen molar-refractivity contribution >= 4 is 45.6 Å². The highest BCUT2D eigenvalue weighted by Crippen LogP contribution is 2.47. The number of aryl methyl sites for hydroxylation is 1. The normalized spacial score (nSPS) is 17.2. The van der Waals surface area contributed by atoms with Gasteiger partial charge < -0.3 is 11.1 Å². The lowest BCUT2D eigenvalue weighted by atomic mass is 9.75. The van der Waals surface area contributed by atoms with E-state index in [4.69, 9.17) is 5.73 Å². The molecule has 11 heteroatoms. The number of hydrogen-bond donors (Lipinski definition) is 2. The minimum absolute atomic E-state index is 0.00000360. The average Bonchev–Trinajstić information content (AvgIpc) is 3.41. The molecule has 3 aromatic rings. The SMILES string of the molecule is CCc1ccc(C2C(C#N)=C(N)N(c3nnc(SCC(=O)Nc4ccccc4F)s3)C3=C2C(=O)CCC3)cc1. The highest BCUT2D eigenvalue weighted by atomic mass is 32.2. The van der Waals surface area contributed by atoms with Gasteiger partial charge in [0, 0.05) is 17.7 Å². The van der Waals surface area contributed by atoms with Crippen LogP contribution in [0, 0.1) is 17.1 Å². The van der Waals surface area contributed by atoms with E-state index in [0.717, 1.165) is 35.0 Å². The lowest BCUT2D eigenvalue weighted by Crippen LogP contribution is -2.38. The summed E-state index contributed by atoms with van der Waals surface area (Å²) in [6.45, 7) is 2.07. The number of benzene rings is 2. The molecule has 0 bridgehead atoms. The first-order chi connectivity index (χ1) is 18.9. The number of Topliss-reactive ketones (excluding diaryl/α,β-unsaturated/α-hetero) is 1. The van der Waals surface area contributed by atoms with Crippen molar-refractivity contribution in [2.45, 2.75) is 42.9 Å². The number of allylic oxidation sites excluding steroid dienone is 3. The molecule has 5 rings (SSSR count). The van der Waals surface area contributed by atoms with Crippen LogP contribution in [0.2, 0.25) is 0 Å². The van der Waals surface area contributed by atoms with E-state index < -0.39 is 11.7 Å². The number of hydrogen-bond acceptors (Lipinski definition) is 9. The molecule has 1 unspecified atom stereocenters. The summed E-state index contributed by atoms with van der Waals surface area (Å²) in [5, 5.41) is 21.6. The van der Waals surface area contributed by atoms with Crippen molar-refractivity contribution in [2.24, 2.45) is 5.73 Å². The van der Waals surface area contributed by atoms with Gasteiger partial charge in [-0.3, -0.25) is 14.5 Å². The molecule has 39 heavy (non-hydrogen) atoms. The van der Waals surface area contributed by atoms with Gasteiger partial charge in [-0.1, -0.05) is 66.4 Å². The summed E-state index contributed by atoms with van der Waals surface area (Å²) < 4.78 is 14.3. The van der Waals surface area contributed by atoms with E-state index in [1.165, 1.54) is 23.5 Å². The van der Waals surface area contributed by atoms with Crippen LogP contribution in [-0.4, -0.2) is 27.6 Å². The number of nitrogens with zero attached hydrogens (tertiary/aromatic N) is 4. The third kappa shape index (κ3) is 5.30. The van der Waals surface area contributed by atoms with Gasteiger partial charge in [0.05, 0.1) is 29.0 Å². The first kappa shape index (κ1) is 26.6. The summed E-state index contributed by atoms with van der Waals surface area (Å²) in [4.78, 5) is 27.3. The fraction of sp³-hybridized carbons (Fsp3) is 0.250. The lowest BCUT2D eigenvalue weighted by Gasteiger charge is -2.38. The van der Waals surface area contributed by atoms with Crippen LogP contribution in [0.25, 0.3) is 0 Å². The predicted octanol–water partition coefficient (Wildman–Crippen LogP) is 5.28. The van der Waals surface area contributed by atoms with Gasteiger partial charge in [-0.05, 0) is 42.5 Å². The second-order valence-corrected chi connectivity index (χ2v) is 11.3. The van der Waals surface area contributed by atoms with Gasteiger partial charge in [0.15, 0.2) is 10.1 Å². The highest BCUT2D eigenvalue weighted by Gasteiger charge is 2.41. The summed E-state index contributed by atoms with van der Waals surface area (Å²) in [5.41, 5.74) is 10.3. The summed E-state index contributed by atoms with van der Waals surface area (Å²) >= 11 is 2.37. The van der Waals surface area contributed by atoms with Gasteiger partial charge in [0.25, 0.3) is 0 Å². The Hall–Kier alpha value is -4.01. The number of nitriles is 1. The Morgan fingerprint density at radius 3 is 2.72 bits per heavy atom. The molecule has 2 aliphatic rings. The van der Waals surface area contributed by atoms with Crippen molar-refractivity contribution in [3.63, 3.8) is 0 Å². The molecule has 1 aliphatic carbocycles. The third-order valence-electron chi connectivity index (χ3n) is 6.70. The molecule has 8 nitrogen and oxygen atoms in total. The maximum absolute atomic E-state index is 13.8. The Kier molecular flexibility index (Phi) is 7.77. The zero-order valence-electron chi connectivity index (χ0n) is 21.1. The Morgan fingerprint density at radius 2 is 2.00 bits per heavy atom. The fourth-order valence-corrected chi connectivity index (χ4v) is 6.49. The van der Waals surface area contributed by atoms with Gasteiger partial charge in [0.1, 0.15) is 11.6 Å². The van der Waals surface area contributed by atoms with E-state index in [2.05, 4.69) is 28.5 Å². The first-order valence-electron chi connectivity index (χ1n) is 12.5. The van der Waals surface area contributed by atoms with Crippen LogP contribution >= 0.6 is 23.1 Å². The molecule has 0 saturated carbocycles. The van der Waals surface area contributed by atoms with Crippen molar-refractivity contribution in [3.05, 3.63) is 88.1 Å². The number of ketones is 1. The number of amides is 1. The van der Waals surface area contributed by atoms with Gasteiger partial charge in [-0.25, -0.2) is 4.39 Å². The number of nitrogens with two attached hydrogens (primary N) is 1. The molecule has 1 aromatic heterocycles. The number of thioether (sulfide) groups is 1. The van der Waals surface area contributed by atoms with Crippen LogP contribution in [0.4, 0.5) is 15.2 Å². The highest BCUT2D eigenvalue weighted by molar-refractivity contribution is 8.01. The fourth-order valence-electron chi connectivity index (χ4n) is 4.81. The van der Waals surface area contributed by atoms with E-state index in [1.807, 2.05) is 24.3 Å². The van der Waals surface area contributed by atoms with Gasteiger partial charge in [-0.2, -0.15) is 5.26 Å². The molecule has 0 spiro atoms. The summed E-state index contributed by atoms with van der Waals surface area (Å²) in [6, 6.07) is 16.1. The largest absolute Gasteiger partial charge is 0.384 e. The number of halogens is 1. The molecule has 0 saturated heterocycles. The number of para-hydroxylation sites is 1. The molecule has 0 fully saturated rings. The van der Waals surface area contributed by atoms with Crippen LogP contribution in [0.5, 0.6) is 0 Å². The maximum atomic E-state index is 13.8. The standard InChI is InChI=1S/C28H25FN6O2S2/c1-2-16-10-12-17(13-11-16)24-18(14-30)26(31)35(21-8-5-9-22(36)25(21)24)27-33-34-28(39-27)38-15-23(37)32-20-7-4-3-6-19(20)29/h3-4,6-7,10-13,24H,2,5,8-9,15,31H2,1H3,(H,32,37). The van der Waals surface area contributed by atoms with Crippen molar-refractivity contribution in [1.82, 2.24) is 10.2 Å². The Balaban J connectivity index is 1.42.